The Labute approximate surface area is 133 Å². The molecule has 1 N–H and O–H groups in total. The lowest BCUT2D eigenvalue weighted by Gasteiger charge is -2.37. The molecule has 0 aromatic heterocycles. The summed E-state index contributed by atoms with van der Waals surface area (Å²) in [5, 5.41) is 4.30. The van der Waals surface area contributed by atoms with Crippen molar-refractivity contribution in [2.75, 3.05) is 18.0 Å². The van der Waals surface area contributed by atoms with Crippen LogP contribution < -0.4 is 10.2 Å². The van der Waals surface area contributed by atoms with Gasteiger partial charge < -0.3 is 15.0 Å². The summed E-state index contributed by atoms with van der Waals surface area (Å²) in [4.78, 5) is 2.35. The Morgan fingerprint density at radius 1 is 1.24 bits per heavy atom. The SMILES string of the molecule is C[C@@H]1CN(c2ccc(CNC(C)(C)C)c(Cl)c2)C[C@H](C)O1. The lowest BCUT2D eigenvalue weighted by Crippen LogP contribution is -2.45. The number of anilines is 1. The van der Waals surface area contributed by atoms with Gasteiger partial charge in [-0.15, -0.1) is 0 Å². The Kier molecular flexibility index (Phi) is 5.18. The Morgan fingerprint density at radius 2 is 1.86 bits per heavy atom. The largest absolute Gasteiger partial charge is 0.372 e. The van der Waals surface area contributed by atoms with Crippen molar-refractivity contribution in [3.8, 4) is 0 Å². The summed E-state index contributed by atoms with van der Waals surface area (Å²) < 4.78 is 5.78. The van der Waals surface area contributed by atoms with Gasteiger partial charge in [-0.1, -0.05) is 17.7 Å². The fraction of sp³-hybridized carbons (Fsp3) is 0.647. The third-order valence-corrected chi connectivity index (χ3v) is 3.98. The van der Waals surface area contributed by atoms with Gasteiger partial charge in [0.1, 0.15) is 0 Å². The maximum Gasteiger partial charge on any atom is 0.0726 e. The molecule has 1 heterocycles. The number of hydrogen-bond acceptors (Lipinski definition) is 3. The predicted octanol–water partition coefficient (Wildman–Crippen LogP) is 3.84. The third-order valence-electron chi connectivity index (χ3n) is 3.63. The first-order chi connectivity index (χ1) is 9.74. The van der Waals surface area contributed by atoms with Crippen molar-refractivity contribution in [1.29, 1.82) is 0 Å². The molecule has 2 rings (SSSR count). The van der Waals surface area contributed by atoms with Crippen molar-refractivity contribution >= 4 is 17.3 Å². The predicted molar refractivity (Wildman–Crippen MR) is 90.3 cm³/mol. The third kappa shape index (κ3) is 4.87. The molecule has 4 heteroatoms. The molecule has 3 nitrogen and oxygen atoms in total. The number of nitrogens with zero attached hydrogens (tertiary/aromatic N) is 1. The first kappa shape index (κ1) is 16.6. The highest BCUT2D eigenvalue weighted by Crippen LogP contribution is 2.26. The van der Waals surface area contributed by atoms with E-state index in [0.717, 1.165) is 30.2 Å². The Morgan fingerprint density at radius 3 is 2.38 bits per heavy atom. The summed E-state index contributed by atoms with van der Waals surface area (Å²) in [5.74, 6) is 0. The van der Waals surface area contributed by atoms with E-state index >= 15 is 0 Å². The summed E-state index contributed by atoms with van der Waals surface area (Å²) in [5.41, 5.74) is 2.42. The topological polar surface area (TPSA) is 24.5 Å². The second-order valence-corrected chi connectivity index (χ2v) is 7.45. The zero-order valence-corrected chi connectivity index (χ0v) is 14.5. The van der Waals surface area contributed by atoms with Crippen LogP contribution in [-0.2, 0) is 11.3 Å². The molecule has 2 atom stereocenters. The fourth-order valence-electron chi connectivity index (χ4n) is 2.63. The van der Waals surface area contributed by atoms with Crippen molar-refractivity contribution in [3.63, 3.8) is 0 Å². The number of benzene rings is 1. The maximum absolute atomic E-state index is 6.45. The van der Waals surface area contributed by atoms with Crippen LogP contribution in [0.2, 0.25) is 5.02 Å². The van der Waals surface area contributed by atoms with Crippen molar-refractivity contribution in [2.24, 2.45) is 0 Å². The highest BCUT2D eigenvalue weighted by molar-refractivity contribution is 6.31. The quantitative estimate of drug-likeness (QED) is 0.918. The summed E-state index contributed by atoms with van der Waals surface area (Å²) in [7, 11) is 0. The van der Waals surface area contributed by atoms with Gasteiger partial charge in [-0.05, 0) is 52.3 Å². The molecule has 1 saturated heterocycles. The summed E-state index contributed by atoms with van der Waals surface area (Å²) in [6.07, 6.45) is 0.518. The van der Waals surface area contributed by atoms with Crippen molar-refractivity contribution in [1.82, 2.24) is 5.32 Å². The smallest absolute Gasteiger partial charge is 0.0726 e. The number of hydrogen-bond donors (Lipinski definition) is 1. The molecule has 1 aromatic carbocycles. The number of nitrogens with one attached hydrogen (secondary N) is 1. The Bertz CT molecular complexity index is 474. The highest BCUT2D eigenvalue weighted by Gasteiger charge is 2.22. The van der Waals surface area contributed by atoms with Crippen LogP contribution in [0.3, 0.4) is 0 Å². The molecule has 1 fully saturated rings. The lowest BCUT2D eigenvalue weighted by molar-refractivity contribution is -0.00521. The molecule has 1 aliphatic rings. The zero-order chi connectivity index (χ0) is 15.6. The normalized spacial score (nSPS) is 23.4. The van der Waals surface area contributed by atoms with E-state index in [-0.39, 0.29) is 17.7 Å². The molecular weight excluding hydrogens is 284 g/mol. The molecule has 0 bridgehead atoms. The van der Waals surface area contributed by atoms with Gasteiger partial charge in [0.05, 0.1) is 12.2 Å². The number of rotatable bonds is 3. The van der Waals surface area contributed by atoms with E-state index < -0.39 is 0 Å². The second kappa shape index (κ2) is 6.55. The molecule has 1 aliphatic heterocycles. The van der Waals surface area contributed by atoms with Crippen LogP contribution in [0.5, 0.6) is 0 Å². The Balaban J connectivity index is 2.08. The average molecular weight is 311 g/mol. The minimum Gasteiger partial charge on any atom is -0.372 e. The van der Waals surface area contributed by atoms with Gasteiger partial charge in [0.25, 0.3) is 0 Å². The molecular formula is C17H27ClN2O. The molecule has 0 amide bonds. The summed E-state index contributed by atoms with van der Waals surface area (Å²) >= 11 is 6.45. The van der Waals surface area contributed by atoms with Gasteiger partial charge in [-0.25, -0.2) is 0 Å². The molecule has 21 heavy (non-hydrogen) atoms. The van der Waals surface area contributed by atoms with E-state index in [9.17, 15) is 0 Å². The van der Waals surface area contributed by atoms with Crippen LogP contribution in [0, 0.1) is 0 Å². The zero-order valence-electron chi connectivity index (χ0n) is 13.7. The van der Waals surface area contributed by atoms with E-state index in [1.165, 1.54) is 5.69 Å². The molecule has 0 unspecified atom stereocenters. The fourth-order valence-corrected chi connectivity index (χ4v) is 2.87. The van der Waals surface area contributed by atoms with Gasteiger partial charge in [0.15, 0.2) is 0 Å². The summed E-state index contributed by atoms with van der Waals surface area (Å²) in [6.45, 7) is 13.3. The van der Waals surface area contributed by atoms with Crippen molar-refractivity contribution < 1.29 is 4.74 Å². The van der Waals surface area contributed by atoms with Crippen LogP contribution in [0.25, 0.3) is 0 Å². The molecule has 1 aromatic rings. The van der Waals surface area contributed by atoms with Crippen molar-refractivity contribution in [2.45, 2.75) is 58.9 Å². The van der Waals surface area contributed by atoms with Crippen LogP contribution in [0.15, 0.2) is 18.2 Å². The summed E-state index contributed by atoms with van der Waals surface area (Å²) in [6, 6.07) is 6.36. The van der Waals surface area contributed by atoms with Crippen LogP contribution in [0.4, 0.5) is 5.69 Å². The van der Waals surface area contributed by atoms with E-state index in [1.54, 1.807) is 0 Å². The number of ether oxygens (including phenoxy) is 1. The molecule has 0 spiro atoms. The first-order valence-electron chi connectivity index (χ1n) is 7.68. The maximum atomic E-state index is 6.45. The van der Waals surface area contributed by atoms with Crippen molar-refractivity contribution in [3.05, 3.63) is 28.8 Å². The lowest BCUT2D eigenvalue weighted by atomic mass is 10.1. The standard InChI is InChI=1S/C17H27ClN2O/c1-12-10-20(11-13(2)21-12)15-7-6-14(16(18)8-15)9-19-17(3,4)5/h6-8,12-13,19H,9-11H2,1-5H3/t12-,13+. The Hall–Kier alpha value is -0.770. The minimum atomic E-state index is 0.0943. The minimum absolute atomic E-state index is 0.0943. The number of halogens is 1. The van der Waals surface area contributed by atoms with Gasteiger partial charge in [-0.2, -0.15) is 0 Å². The van der Waals surface area contributed by atoms with Gasteiger partial charge >= 0.3 is 0 Å². The van der Waals surface area contributed by atoms with Gasteiger partial charge in [0, 0.05) is 35.9 Å². The van der Waals surface area contributed by atoms with E-state index in [4.69, 9.17) is 16.3 Å². The van der Waals surface area contributed by atoms with Crippen LogP contribution in [-0.4, -0.2) is 30.8 Å². The van der Waals surface area contributed by atoms with E-state index in [0.29, 0.717) is 0 Å². The van der Waals surface area contributed by atoms with Gasteiger partial charge in [-0.3, -0.25) is 0 Å². The van der Waals surface area contributed by atoms with E-state index in [2.05, 4.69) is 63.0 Å². The number of morpholine rings is 1. The molecule has 118 valence electrons. The van der Waals surface area contributed by atoms with E-state index in [1.807, 2.05) is 0 Å². The molecule has 0 aliphatic carbocycles. The monoisotopic (exact) mass is 310 g/mol. The van der Waals surface area contributed by atoms with Gasteiger partial charge in [0.2, 0.25) is 0 Å². The first-order valence-corrected chi connectivity index (χ1v) is 8.06. The van der Waals surface area contributed by atoms with Crippen LogP contribution >= 0.6 is 11.6 Å². The second-order valence-electron chi connectivity index (χ2n) is 7.04. The highest BCUT2D eigenvalue weighted by atomic mass is 35.5. The van der Waals surface area contributed by atoms with Crippen LogP contribution in [0.1, 0.15) is 40.2 Å². The molecule has 0 radical (unpaired) electrons. The molecule has 0 saturated carbocycles. The average Bonchev–Trinajstić information content (AvgIpc) is 2.35.